The number of hydrazine groups is 1. The predicted octanol–water partition coefficient (Wildman–Crippen LogP) is 3.70. The summed E-state index contributed by atoms with van der Waals surface area (Å²) in [6, 6.07) is 7.08. The van der Waals surface area contributed by atoms with Crippen LogP contribution in [0.1, 0.15) is 15.9 Å². The topological polar surface area (TPSA) is 62.3 Å². The monoisotopic (exact) mass is 407 g/mol. The molecule has 2 aromatic rings. The van der Waals surface area contributed by atoms with Crippen LogP contribution in [0.2, 0.25) is 5.02 Å². The molecule has 0 saturated heterocycles. The van der Waals surface area contributed by atoms with Crippen LogP contribution < -0.4 is 14.6 Å². The van der Waals surface area contributed by atoms with Crippen molar-refractivity contribution >= 4 is 35.0 Å². The minimum atomic E-state index is -0.564. The van der Waals surface area contributed by atoms with Crippen molar-refractivity contribution in [3.05, 3.63) is 52.3 Å². The molecule has 0 unspecified atom stereocenters. The van der Waals surface area contributed by atoms with Crippen LogP contribution >= 0.6 is 11.6 Å². The SMILES string of the molecule is COC(=O)c1ccc2c(c1)N(Cc1c(F)ccc(OC)c1Cl)C(=O)N(C)N2C. The number of nitrogens with zero attached hydrogens (tertiary/aromatic N) is 3. The van der Waals surface area contributed by atoms with Crippen molar-refractivity contribution in [1.29, 1.82) is 0 Å². The molecule has 0 aliphatic carbocycles. The van der Waals surface area contributed by atoms with E-state index in [0.29, 0.717) is 17.1 Å². The number of halogens is 2. The van der Waals surface area contributed by atoms with Gasteiger partial charge in [-0.3, -0.25) is 9.91 Å². The Morgan fingerprint density at radius 3 is 2.46 bits per heavy atom. The van der Waals surface area contributed by atoms with Gasteiger partial charge in [0.1, 0.15) is 11.6 Å². The van der Waals surface area contributed by atoms with E-state index >= 15 is 0 Å². The first kappa shape index (κ1) is 19.8. The summed E-state index contributed by atoms with van der Waals surface area (Å²) in [4.78, 5) is 26.2. The summed E-state index contributed by atoms with van der Waals surface area (Å²) in [5.41, 5.74) is 1.48. The number of methoxy groups -OCH3 is 2. The molecule has 0 aromatic heterocycles. The van der Waals surface area contributed by atoms with Crippen molar-refractivity contribution < 1.29 is 23.5 Å². The molecule has 1 heterocycles. The van der Waals surface area contributed by atoms with Crippen LogP contribution in [0.25, 0.3) is 0 Å². The largest absolute Gasteiger partial charge is 0.495 e. The molecule has 0 fully saturated rings. The number of fused-ring (bicyclic) bond motifs is 1. The third-order valence-corrected chi connectivity index (χ3v) is 5.09. The van der Waals surface area contributed by atoms with E-state index in [-0.39, 0.29) is 22.7 Å². The summed E-state index contributed by atoms with van der Waals surface area (Å²) in [5, 5.41) is 3.10. The molecule has 1 aliphatic heterocycles. The number of hydrogen-bond donors (Lipinski definition) is 0. The average molecular weight is 408 g/mol. The highest BCUT2D eigenvalue weighted by Crippen LogP contribution is 2.38. The molecular weight excluding hydrogens is 389 g/mol. The van der Waals surface area contributed by atoms with Crippen molar-refractivity contribution in [1.82, 2.24) is 5.01 Å². The lowest BCUT2D eigenvalue weighted by atomic mass is 10.1. The van der Waals surface area contributed by atoms with Gasteiger partial charge in [-0.1, -0.05) is 11.6 Å². The highest BCUT2D eigenvalue weighted by atomic mass is 35.5. The number of amides is 2. The molecule has 7 nitrogen and oxygen atoms in total. The van der Waals surface area contributed by atoms with Gasteiger partial charge in [0.05, 0.1) is 42.7 Å². The molecule has 0 bridgehead atoms. The molecule has 0 N–H and O–H groups in total. The number of urea groups is 1. The quantitative estimate of drug-likeness (QED) is 0.723. The van der Waals surface area contributed by atoms with Crippen LogP contribution in [-0.4, -0.2) is 45.3 Å². The van der Waals surface area contributed by atoms with Crippen molar-refractivity contribution in [2.45, 2.75) is 6.54 Å². The van der Waals surface area contributed by atoms with E-state index in [1.54, 1.807) is 31.2 Å². The van der Waals surface area contributed by atoms with E-state index in [1.807, 2.05) is 0 Å². The first-order valence-corrected chi connectivity index (χ1v) is 8.70. The first-order valence-electron chi connectivity index (χ1n) is 8.32. The summed E-state index contributed by atoms with van der Waals surface area (Å²) in [6.07, 6.45) is 0. The van der Waals surface area contributed by atoms with Crippen molar-refractivity contribution in [2.24, 2.45) is 0 Å². The molecule has 28 heavy (non-hydrogen) atoms. The van der Waals surface area contributed by atoms with Gasteiger partial charge in [-0.15, -0.1) is 0 Å². The van der Waals surface area contributed by atoms with Gasteiger partial charge in [-0.2, -0.15) is 0 Å². The van der Waals surface area contributed by atoms with Gasteiger partial charge >= 0.3 is 12.0 Å². The number of ether oxygens (including phenoxy) is 2. The summed E-state index contributed by atoms with van der Waals surface area (Å²) in [7, 11) is 6.01. The Hall–Kier alpha value is -3.00. The van der Waals surface area contributed by atoms with Gasteiger partial charge in [0.15, 0.2) is 0 Å². The lowest BCUT2D eigenvalue weighted by Crippen LogP contribution is -2.53. The van der Waals surface area contributed by atoms with Crippen LogP contribution in [0, 0.1) is 5.82 Å². The highest BCUT2D eigenvalue weighted by Gasteiger charge is 2.33. The second-order valence-electron chi connectivity index (χ2n) is 6.15. The van der Waals surface area contributed by atoms with Gasteiger partial charge in [0, 0.05) is 19.7 Å². The van der Waals surface area contributed by atoms with Crippen LogP contribution in [0.5, 0.6) is 5.75 Å². The van der Waals surface area contributed by atoms with E-state index in [0.717, 1.165) is 0 Å². The number of esters is 1. The summed E-state index contributed by atoms with van der Waals surface area (Å²) < 4.78 is 24.4. The Bertz CT molecular complexity index is 953. The number of carbonyl (C=O) groups is 2. The van der Waals surface area contributed by atoms with E-state index in [1.165, 1.54) is 42.3 Å². The third-order valence-electron chi connectivity index (χ3n) is 4.68. The van der Waals surface area contributed by atoms with Gasteiger partial charge in [-0.05, 0) is 30.3 Å². The number of anilines is 2. The molecular formula is C19H19ClFN3O4. The summed E-state index contributed by atoms with van der Waals surface area (Å²) in [5.74, 6) is -0.801. The van der Waals surface area contributed by atoms with Gasteiger partial charge in [0.25, 0.3) is 0 Å². The van der Waals surface area contributed by atoms with Gasteiger partial charge < -0.3 is 9.47 Å². The first-order chi connectivity index (χ1) is 13.3. The molecule has 0 radical (unpaired) electrons. The van der Waals surface area contributed by atoms with E-state index < -0.39 is 17.8 Å². The zero-order valence-corrected chi connectivity index (χ0v) is 16.6. The molecule has 148 valence electrons. The van der Waals surface area contributed by atoms with Crippen LogP contribution in [0.4, 0.5) is 20.6 Å². The Kier molecular flexibility index (Phi) is 5.33. The minimum Gasteiger partial charge on any atom is -0.495 e. The second-order valence-corrected chi connectivity index (χ2v) is 6.53. The summed E-state index contributed by atoms with van der Waals surface area (Å²) >= 11 is 6.28. The number of rotatable bonds is 4. The third kappa shape index (κ3) is 3.20. The zero-order valence-electron chi connectivity index (χ0n) is 15.8. The number of hydrogen-bond acceptors (Lipinski definition) is 5. The summed E-state index contributed by atoms with van der Waals surface area (Å²) in [6.45, 7) is -0.142. The molecule has 0 atom stereocenters. The number of carbonyl (C=O) groups excluding carboxylic acids is 2. The van der Waals surface area contributed by atoms with Crippen molar-refractivity contribution in [3.63, 3.8) is 0 Å². The molecule has 9 heteroatoms. The van der Waals surface area contributed by atoms with Crippen LogP contribution in [0.3, 0.4) is 0 Å². The molecule has 0 saturated carbocycles. The Morgan fingerprint density at radius 2 is 1.82 bits per heavy atom. The van der Waals surface area contributed by atoms with Crippen LogP contribution in [0.15, 0.2) is 30.3 Å². The fourth-order valence-electron chi connectivity index (χ4n) is 3.02. The zero-order chi connectivity index (χ0) is 20.6. The van der Waals surface area contributed by atoms with E-state index in [2.05, 4.69) is 0 Å². The standard InChI is InChI=1S/C19H19ClFN3O4/c1-22-14-7-5-11(18(25)28-4)9-15(14)24(19(26)23(22)2)10-12-13(21)6-8-16(27-3)17(12)20/h5-9H,10H2,1-4H3. The second kappa shape index (κ2) is 7.55. The fourth-order valence-corrected chi connectivity index (χ4v) is 3.31. The van der Waals surface area contributed by atoms with Gasteiger partial charge in [0.2, 0.25) is 0 Å². The Balaban J connectivity index is 2.13. The average Bonchev–Trinajstić information content (AvgIpc) is 2.70. The molecule has 0 spiro atoms. The Labute approximate surface area is 166 Å². The maximum Gasteiger partial charge on any atom is 0.343 e. The molecule has 2 aromatic carbocycles. The highest BCUT2D eigenvalue weighted by molar-refractivity contribution is 6.32. The van der Waals surface area contributed by atoms with E-state index in [9.17, 15) is 14.0 Å². The lowest BCUT2D eigenvalue weighted by molar-refractivity contribution is 0.0600. The maximum absolute atomic E-state index is 14.5. The number of benzene rings is 2. The Morgan fingerprint density at radius 1 is 1.11 bits per heavy atom. The minimum absolute atomic E-state index is 0.0857. The van der Waals surface area contributed by atoms with Crippen LogP contribution in [-0.2, 0) is 11.3 Å². The molecule has 2 amide bonds. The van der Waals surface area contributed by atoms with Crippen molar-refractivity contribution in [2.75, 3.05) is 38.2 Å². The molecule has 1 aliphatic rings. The predicted molar refractivity (Wildman–Crippen MR) is 103 cm³/mol. The lowest BCUT2D eigenvalue weighted by Gasteiger charge is -2.42. The molecule has 3 rings (SSSR count). The normalized spacial score (nSPS) is 13.5. The smallest absolute Gasteiger partial charge is 0.343 e. The van der Waals surface area contributed by atoms with E-state index in [4.69, 9.17) is 21.1 Å². The maximum atomic E-state index is 14.5. The fraction of sp³-hybridized carbons (Fsp3) is 0.263. The van der Waals surface area contributed by atoms with Gasteiger partial charge in [-0.25, -0.2) is 19.0 Å². The van der Waals surface area contributed by atoms with Crippen molar-refractivity contribution in [3.8, 4) is 5.75 Å².